The van der Waals surface area contributed by atoms with Crippen LogP contribution in [0.2, 0.25) is 0 Å². The van der Waals surface area contributed by atoms with Gasteiger partial charge in [0.05, 0.1) is 16.9 Å². The standard InChI is InChI=1S/C16H16N4/c1-10-11(2)20-16(17-3)15(19-10)13-8-12-6-4-5-7-14(12)18-9-13/h4-9H,1-3H3,(H,17,20). The highest BCUT2D eigenvalue weighted by Crippen LogP contribution is 2.27. The summed E-state index contributed by atoms with van der Waals surface area (Å²) in [6, 6.07) is 10.2. The van der Waals surface area contributed by atoms with E-state index in [4.69, 9.17) is 0 Å². The zero-order valence-corrected chi connectivity index (χ0v) is 11.8. The number of aryl methyl sites for hydroxylation is 2. The van der Waals surface area contributed by atoms with E-state index in [9.17, 15) is 0 Å². The molecule has 0 aliphatic heterocycles. The van der Waals surface area contributed by atoms with Gasteiger partial charge < -0.3 is 5.32 Å². The third-order valence-electron chi connectivity index (χ3n) is 3.41. The molecular weight excluding hydrogens is 248 g/mol. The molecule has 0 saturated heterocycles. The van der Waals surface area contributed by atoms with Gasteiger partial charge in [0, 0.05) is 24.2 Å². The van der Waals surface area contributed by atoms with Gasteiger partial charge in [0.15, 0.2) is 5.82 Å². The molecule has 2 heterocycles. The lowest BCUT2D eigenvalue weighted by molar-refractivity contribution is 1.05. The van der Waals surface area contributed by atoms with Crippen LogP contribution in [0.4, 0.5) is 5.82 Å². The molecule has 4 nitrogen and oxygen atoms in total. The number of nitrogens with one attached hydrogen (secondary N) is 1. The van der Waals surface area contributed by atoms with Gasteiger partial charge in [0.25, 0.3) is 0 Å². The molecular formula is C16H16N4. The van der Waals surface area contributed by atoms with E-state index in [1.165, 1.54) is 0 Å². The minimum atomic E-state index is 0.783. The maximum absolute atomic E-state index is 4.66. The number of rotatable bonds is 2. The zero-order valence-electron chi connectivity index (χ0n) is 11.8. The number of benzene rings is 1. The normalized spacial score (nSPS) is 10.8. The van der Waals surface area contributed by atoms with Crippen molar-refractivity contribution in [2.45, 2.75) is 13.8 Å². The van der Waals surface area contributed by atoms with E-state index in [0.29, 0.717) is 0 Å². The summed E-state index contributed by atoms with van der Waals surface area (Å²) in [5.74, 6) is 0.783. The molecule has 0 unspecified atom stereocenters. The third kappa shape index (κ3) is 2.09. The molecule has 0 amide bonds. The van der Waals surface area contributed by atoms with Gasteiger partial charge in [-0.3, -0.25) is 4.98 Å². The van der Waals surface area contributed by atoms with Crippen molar-refractivity contribution in [1.29, 1.82) is 0 Å². The summed E-state index contributed by atoms with van der Waals surface area (Å²) in [5, 5.41) is 4.21. The fourth-order valence-corrected chi connectivity index (χ4v) is 2.18. The van der Waals surface area contributed by atoms with Crippen molar-refractivity contribution in [3.8, 4) is 11.3 Å². The van der Waals surface area contributed by atoms with E-state index >= 15 is 0 Å². The minimum Gasteiger partial charge on any atom is -0.371 e. The molecule has 1 N–H and O–H groups in total. The number of anilines is 1. The van der Waals surface area contributed by atoms with Crippen LogP contribution in [-0.2, 0) is 0 Å². The Labute approximate surface area is 117 Å². The molecule has 3 aromatic rings. The summed E-state index contributed by atoms with van der Waals surface area (Å²) >= 11 is 0. The third-order valence-corrected chi connectivity index (χ3v) is 3.41. The fourth-order valence-electron chi connectivity index (χ4n) is 2.18. The van der Waals surface area contributed by atoms with Crippen molar-refractivity contribution in [2.75, 3.05) is 12.4 Å². The molecule has 0 aliphatic rings. The predicted octanol–water partition coefficient (Wildman–Crippen LogP) is 3.35. The molecule has 20 heavy (non-hydrogen) atoms. The highest BCUT2D eigenvalue weighted by Gasteiger charge is 2.11. The topological polar surface area (TPSA) is 50.7 Å². The van der Waals surface area contributed by atoms with Gasteiger partial charge in [-0.2, -0.15) is 0 Å². The molecule has 4 heteroatoms. The van der Waals surface area contributed by atoms with E-state index in [-0.39, 0.29) is 0 Å². The molecule has 100 valence electrons. The molecule has 3 rings (SSSR count). The second kappa shape index (κ2) is 4.89. The summed E-state index contributed by atoms with van der Waals surface area (Å²) < 4.78 is 0. The molecule has 0 aliphatic carbocycles. The Balaban J connectivity index is 2.22. The number of pyridine rings is 1. The highest BCUT2D eigenvalue weighted by atomic mass is 15.0. The molecule has 0 saturated carbocycles. The Bertz CT molecular complexity index is 781. The number of nitrogens with zero attached hydrogens (tertiary/aromatic N) is 3. The fraction of sp³-hybridized carbons (Fsp3) is 0.188. The van der Waals surface area contributed by atoms with E-state index in [1.807, 2.05) is 45.3 Å². The monoisotopic (exact) mass is 264 g/mol. The number of aromatic nitrogens is 3. The van der Waals surface area contributed by atoms with Gasteiger partial charge in [-0.15, -0.1) is 0 Å². The summed E-state index contributed by atoms with van der Waals surface area (Å²) in [6.07, 6.45) is 1.85. The van der Waals surface area contributed by atoms with Crippen LogP contribution in [0, 0.1) is 13.8 Å². The van der Waals surface area contributed by atoms with Crippen molar-refractivity contribution in [3.05, 3.63) is 47.9 Å². The SMILES string of the molecule is CNc1nc(C)c(C)nc1-c1cnc2ccccc2c1. The Morgan fingerprint density at radius 3 is 2.55 bits per heavy atom. The Kier molecular flexibility index (Phi) is 3.06. The van der Waals surface area contributed by atoms with Gasteiger partial charge in [-0.05, 0) is 26.0 Å². The van der Waals surface area contributed by atoms with Crippen molar-refractivity contribution in [3.63, 3.8) is 0 Å². The first-order chi connectivity index (χ1) is 9.69. The average molecular weight is 264 g/mol. The number of hydrogen-bond acceptors (Lipinski definition) is 4. The van der Waals surface area contributed by atoms with E-state index < -0.39 is 0 Å². The first-order valence-corrected chi connectivity index (χ1v) is 6.57. The summed E-state index contributed by atoms with van der Waals surface area (Å²) in [4.78, 5) is 13.7. The Morgan fingerprint density at radius 1 is 1.00 bits per heavy atom. The van der Waals surface area contributed by atoms with Gasteiger partial charge in [0.2, 0.25) is 0 Å². The minimum absolute atomic E-state index is 0.783. The molecule has 2 aromatic heterocycles. The second-order valence-corrected chi connectivity index (χ2v) is 4.76. The number of para-hydroxylation sites is 1. The quantitative estimate of drug-likeness (QED) is 0.771. The number of hydrogen-bond donors (Lipinski definition) is 1. The van der Waals surface area contributed by atoms with Crippen molar-refractivity contribution in [2.24, 2.45) is 0 Å². The largest absolute Gasteiger partial charge is 0.371 e. The summed E-state index contributed by atoms with van der Waals surface area (Å²) in [6.45, 7) is 3.94. The Hall–Kier alpha value is -2.49. The maximum atomic E-state index is 4.66. The average Bonchev–Trinajstić information content (AvgIpc) is 2.49. The van der Waals surface area contributed by atoms with Gasteiger partial charge in [-0.1, -0.05) is 18.2 Å². The van der Waals surface area contributed by atoms with Crippen LogP contribution in [0.1, 0.15) is 11.4 Å². The molecule has 0 bridgehead atoms. The lowest BCUT2D eigenvalue weighted by atomic mass is 10.1. The van der Waals surface area contributed by atoms with Crippen LogP contribution in [0.25, 0.3) is 22.2 Å². The smallest absolute Gasteiger partial charge is 0.152 e. The zero-order chi connectivity index (χ0) is 14.1. The molecule has 0 spiro atoms. The lowest BCUT2D eigenvalue weighted by Gasteiger charge is -2.10. The van der Waals surface area contributed by atoms with Crippen LogP contribution in [-0.4, -0.2) is 22.0 Å². The molecule has 0 fully saturated rings. The van der Waals surface area contributed by atoms with Crippen LogP contribution < -0.4 is 5.32 Å². The summed E-state index contributed by atoms with van der Waals surface area (Å²) in [5.41, 5.74) is 4.68. The van der Waals surface area contributed by atoms with Crippen molar-refractivity contribution < 1.29 is 0 Å². The van der Waals surface area contributed by atoms with Crippen molar-refractivity contribution in [1.82, 2.24) is 15.0 Å². The van der Waals surface area contributed by atoms with Crippen LogP contribution >= 0.6 is 0 Å². The lowest BCUT2D eigenvalue weighted by Crippen LogP contribution is -2.03. The first-order valence-electron chi connectivity index (χ1n) is 6.57. The molecule has 0 radical (unpaired) electrons. The van der Waals surface area contributed by atoms with Gasteiger partial charge >= 0.3 is 0 Å². The van der Waals surface area contributed by atoms with Gasteiger partial charge in [-0.25, -0.2) is 9.97 Å². The van der Waals surface area contributed by atoms with Crippen LogP contribution in [0.5, 0.6) is 0 Å². The van der Waals surface area contributed by atoms with Crippen LogP contribution in [0.15, 0.2) is 36.5 Å². The van der Waals surface area contributed by atoms with Crippen molar-refractivity contribution >= 4 is 16.7 Å². The van der Waals surface area contributed by atoms with E-state index in [0.717, 1.165) is 39.4 Å². The van der Waals surface area contributed by atoms with Crippen LogP contribution in [0.3, 0.4) is 0 Å². The maximum Gasteiger partial charge on any atom is 0.152 e. The number of fused-ring (bicyclic) bond motifs is 1. The highest BCUT2D eigenvalue weighted by molar-refractivity contribution is 5.84. The second-order valence-electron chi connectivity index (χ2n) is 4.76. The summed E-state index contributed by atoms with van der Waals surface area (Å²) in [7, 11) is 1.86. The van der Waals surface area contributed by atoms with E-state index in [2.05, 4.69) is 32.4 Å². The van der Waals surface area contributed by atoms with E-state index in [1.54, 1.807) is 0 Å². The van der Waals surface area contributed by atoms with Gasteiger partial charge in [0.1, 0.15) is 5.69 Å². The molecule has 0 atom stereocenters. The molecule has 1 aromatic carbocycles. The first kappa shape index (κ1) is 12.5. The Morgan fingerprint density at radius 2 is 1.75 bits per heavy atom. The predicted molar refractivity (Wildman–Crippen MR) is 81.8 cm³/mol.